The second-order valence-corrected chi connectivity index (χ2v) is 4.13. The molecule has 0 radical (unpaired) electrons. The van der Waals surface area contributed by atoms with Gasteiger partial charge in [-0.1, -0.05) is 11.3 Å². The van der Waals surface area contributed by atoms with Crippen LogP contribution in [0, 0.1) is 0 Å². The summed E-state index contributed by atoms with van der Waals surface area (Å²) in [6.07, 6.45) is 0. The van der Waals surface area contributed by atoms with Crippen LogP contribution in [-0.2, 0) is 0 Å². The second kappa shape index (κ2) is 3.86. The van der Waals surface area contributed by atoms with E-state index in [9.17, 15) is 4.79 Å². The third kappa shape index (κ3) is 1.92. The molecule has 4 nitrogen and oxygen atoms in total. The van der Waals surface area contributed by atoms with Crippen molar-refractivity contribution in [3.63, 3.8) is 0 Å². The molecule has 78 valence electrons. The van der Waals surface area contributed by atoms with Gasteiger partial charge in [-0.05, 0) is 25.1 Å². The molecule has 0 aliphatic rings. The van der Waals surface area contributed by atoms with Crippen LogP contribution >= 0.6 is 11.3 Å². The quantitative estimate of drug-likeness (QED) is 0.830. The normalized spacial score (nSPS) is 10.5. The summed E-state index contributed by atoms with van der Waals surface area (Å²) in [5.41, 5.74) is 6.61. The van der Waals surface area contributed by atoms with E-state index in [1.165, 1.54) is 11.3 Å². The molecule has 0 aliphatic heterocycles. The Kier molecular flexibility index (Phi) is 2.55. The maximum absolute atomic E-state index is 11.0. The lowest BCUT2D eigenvalue weighted by atomic mass is 10.2. The van der Waals surface area contributed by atoms with Gasteiger partial charge in [0.25, 0.3) is 0 Å². The first-order chi connectivity index (χ1) is 7.20. The maximum atomic E-state index is 11.0. The fourth-order valence-corrected chi connectivity index (χ4v) is 2.28. The van der Waals surface area contributed by atoms with Gasteiger partial charge >= 0.3 is 0 Å². The Bertz CT molecular complexity index is 506. The van der Waals surface area contributed by atoms with Crippen LogP contribution in [-0.4, -0.2) is 17.4 Å². The number of nitrogens with two attached hydrogens (primary N) is 1. The predicted octanol–water partition coefficient (Wildman–Crippen LogP) is 1.83. The molecule has 0 saturated heterocycles. The Balaban J connectivity index is 2.47. The number of anilines is 1. The first-order valence-corrected chi connectivity index (χ1v) is 5.46. The number of amides is 1. The fourth-order valence-electron chi connectivity index (χ4n) is 1.30. The van der Waals surface area contributed by atoms with Crippen molar-refractivity contribution in [2.45, 2.75) is 6.92 Å². The first kappa shape index (κ1) is 9.92. The van der Waals surface area contributed by atoms with Crippen LogP contribution < -0.4 is 11.1 Å². The topological polar surface area (TPSA) is 68.0 Å². The smallest absolute Gasteiger partial charge is 0.248 e. The highest BCUT2D eigenvalue weighted by atomic mass is 32.1. The molecule has 0 saturated carbocycles. The summed E-state index contributed by atoms with van der Waals surface area (Å²) < 4.78 is 0.974. The van der Waals surface area contributed by atoms with Crippen LogP contribution in [0.2, 0.25) is 0 Å². The van der Waals surface area contributed by atoms with Crippen molar-refractivity contribution in [1.29, 1.82) is 0 Å². The van der Waals surface area contributed by atoms with Gasteiger partial charge in [-0.3, -0.25) is 4.79 Å². The molecule has 2 rings (SSSR count). The van der Waals surface area contributed by atoms with Crippen molar-refractivity contribution >= 4 is 32.6 Å². The van der Waals surface area contributed by atoms with Crippen molar-refractivity contribution in [2.75, 3.05) is 11.9 Å². The third-order valence-electron chi connectivity index (χ3n) is 2.00. The Morgan fingerprint density at radius 1 is 1.60 bits per heavy atom. The van der Waals surface area contributed by atoms with Crippen LogP contribution in [0.25, 0.3) is 10.2 Å². The zero-order chi connectivity index (χ0) is 10.8. The van der Waals surface area contributed by atoms with E-state index < -0.39 is 5.91 Å². The number of primary amides is 1. The number of rotatable bonds is 3. The number of hydrogen-bond donors (Lipinski definition) is 2. The van der Waals surface area contributed by atoms with Crippen LogP contribution in [0.5, 0.6) is 0 Å². The molecule has 0 spiro atoms. The Morgan fingerprint density at radius 2 is 2.40 bits per heavy atom. The van der Waals surface area contributed by atoms with E-state index in [1.807, 2.05) is 13.0 Å². The van der Waals surface area contributed by atoms with Gasteiger partial charge in [-0.2, -0.15) is 0 Å². The maximum Gasteiger partial charge on any atom is 0.248 e. The van der Waals surface area contributed by atoms with E-state index in [0.29, 0.717) is 5.56 Å². The number of benzene rings is 1. The largest absolute Gasteiger partial charge is 0.366 e. The highest BCUT2D eigenvalue weighted by Gasteiger charge is 2.06. The molecule has 0 fully saturated rings. The van der Waals surface area contributed by atoms with Crippen molar-refractivity contribution in [3.8, 4) is 0 Å². The monoisotopic (exact) mass is 221 g/mol. The average molecular weight is 221 g/mol. The van der Waals surface area contributed by atoms with Gasteiger partial charge in [0, 0.05) is 12.1 Å². The third-order valence-corrected chi connectivity index (χ3v) is 2.98. The lowest BCUT2D eigenvalue weighted by molar-refractivity contribution is 0.100. The van der Waals surface area contributed by atoms with E-state index in [1.54, 1.807) is 12.1 Å². The van der Waals surface area contributed by atoms with Gasteiger partial charge in [0.1, 0.15) is 0 Å². The summed E-state index contributed by atoms with van der Waals surface area (Å²) in [5.74, 6) is -0.407. The minimum absolute atomic E-state index is 0.407. The SMILES string of the molecule is CCNc1nc2ccc(C(N)=O)cc2s1. The second-order valence-electron chi connectivity index (χ2n) is 3.10. The summed E-state index contributed by atoms with van der Waals surface area (Å²) in [5, 5.41) is 4.01. The Labute approximate surface area is 91.1 Å². The summed E-state index contributed by atoms with van der Waals surface area (Å²) in [6.45, 7) is 2.85. The van der Waals surface area contributed by atoms with Gasteiger partial charge < -0.3 is 11.1 Å². The Morgan fingerprint density at radius 3 is 3.07 bits per heavy atom. The van der Waals surface area contributed by atoms with Gasteiger partial charge in [0.05, 0.1) is 10.2 Å². The molecule has 1 aromatic carbocycles. The van der Waals surface area contributed by atoms with Gasteiger partial charge in [-0.15, -0.1) is 0 Å². The highest BCUT2D eigenvalue weighted by molar-refractivity contribution is 7.22. The molecule has 1 amide bonds. The van der Waals surface area contributed by atoms with Crippen LogP contribution in [0.15, 0.2) is 18.2 Å². The molecular weight excluding hydrogens is 210 g/mol. The van der Waals surface area contributed by atoms with Crippen LogP contribution in [0.4, 0.5) is 5.13 Å². The minimum atomic E-state index is -0.407. The summed E-state index contributed by atoms with van der Waals surface area (Å²) in [7, 11) is 0. The van der Waals surface area contributed by atoms with Gasteiger partial charge in [-0.25, -0.2) is 4.98 Å². The number of carbonyl (C=O) groups excluding carboxylic acids is 1. The molecule has 3 N–H and O–H groups in total. The van der Waals surface area contributed by atoms with E-state index in [0.717, 1.165) is 21.9 Å². The molecule has 2 aromatic rings. The fraction of sp³-hybridized carbons (Fsp3) is 0.200. The molecule has 0 atom stereocenters. The number of hydrogen-bond acceptors (Lipinski definition) is 4. The van der Waals surface area contributed by atoms with Crippen molar-refractivity contribution < 1.29 is 4.79 Å². The lowest BCUT2D eigenvalue weighted by Gasteiger charge is -1.92. The van der Waals surface area contributed by atoms with Gasteiger partial charge in [0.15, 0.2) is 5.13 Å². The van der Waals surface area contributed by atoms with E-state index in [2.05, 4.69) is 10.3 Å². The molecule has 0 aliphatic carbocycles. The minimum Gasteiger partial charge on any atom is -0.366 e. The molecule has 1 heterocycles. The summed E-state index contributed by atoms with van der Waals surface area (Å²) in [6, 6.07) is 5.28. The average Bonchev–Trinajstić information content (AvgIpc) is 2.59. The number of aromatic nitrogens is 1. The standard InChI is InChI=1S/C10H11N3OS/c1-2-12-10-13-7-4-3-6(9(11)14)5-8(7)15-10/h3-5H,2H2,1H3,(H2,11,14)(H,12,13). The number of fused-ring (bicyclic) bond motifs is 1. The van der Waals surface area contributed by atoms with E-state index in [4.69, 9.17) is 5.73 Å². The van der Waals surface area contributed by atoms with E-state index >= 15 is 0 Å². The van der Waals surface area contributed by atoms with Crippen molar-refractivity contribution in [3.05, 3.63) is 23.8 Å². The number of nitrogens with one attached hydrogen (secondary N) is 1. The molecule has 0 bridgehead atoms. The van der Waals surface area contributed by atoms with E-state index in [-0.39, 0.29) is 0 Å². The zero-order valence-electron chi connectivity index (χ0n) is 8.28. The molecule has 0 unspecified atom stereocenters. The number of thiazole rings is 1. The predicted molar refractivity (Wildman–Crippen MR) is 62.3 cm³/mol. The van der Waals surface area contributed by atoms with Crippen molar-refractivity contribution in [1.82, 2.24) is 4.98 Å². The van der Waals surface area contributed by atoms with Gasteiger partial charge in [0.2, 0.25) is 5.91 Å². The molecule has 1 aromatic heterocycles. The number of nitrogens with zero attached hydrogens (tertiary/aromatic N) is 1. The zero-order valence-corrected chi connectivity index (χ0v) is 9.10. The van der Waals surface area contributed by atoms with Crippen LogP contribution in [0.3, 0.4) is 0 Å². The molecule has 15 heavy (non-hydrogen) atoms. The first-order valence-electron chi connectivity index (χ1n) is 4.65. The van der Waals surface area contributed by atoms with Crippen molar-refractivity contribution in [2.24, 2.45) is 5.73 Å². The lowest BCUT2D eigenvalue weighted by Crippen LogP contribution is -2.10. The summed E-state index contributed by atoms with van der Waals surface area (Å²) in [4.78, 5) is 15.3. The highest BCUT2D eigenvalue weighted by Crippen LogP contribution is 2.26. The molecular formula is C10H11N3OS. The Hall–Kier alpha value is -1.62. The molecule has 5 heteroatoms. The van der Waals surface area contributed by atoms with Crippen LogP contribution in [0.1, 0.15) is 17.3 Å². The number of carbonyl (C=O) groups is 1. The summed E-state index contributed by atoms with van der Waals surface area (Å²) >= 11 is 1.52.